The van der Waals surface area contributed by atoms with Crippen molar-refractivity contribution in [3.05, 3.63) is 51.2 Å². The van der Waals surface area contributed by atoms with Crippen LogP contribution in [0.3, 0.4) is 0 Å². The van der Waals surface area contributed by atoms with E-state index in [1.165, 1.54) is 11.3 Å². The Balaban J connectivity index is 1.72. The number of nitrogens with zero attached hydrogens (tertiary/aromatic N) is 2. The zero-order valence-corrected chi connectivity index (χ0v) is 16.3. The monoisotopic (exact) mass is 372 g/mol. The van der Waals surface area contributed by atoms with Crippen LogP contribution in [0.25, 0.3) is 0 Å². The molecule has 0 bridgehead atoms. The quantitative estimate of drug-likeness (QED) is 0.830. The third kappa shape index (κ3) is 3.60. The molecule has 138 valence electrons. The molecule has 1 fully saturated rings. The second-order valence-electron chi connectivity index (χ2n) is 6.48. The van der Waals surface area contributed by atoms with Crippen LogP contribution in [0, 0.1) is 13.8 Å². The van der Waals surface area contributed by atoms with Crippen LogP contribution in [0.2, 0.25) is 0 Å². The second-order valence-corrected chi connectivity index (χ2v) is 7.43. The van der Waals surface area contributed by atoms with E-state index in [1.807, 2.05) is 53.3 Å². The van der Waals surface area contributed by atoms with Gasteiger partial charge in [0, 0.05) is 31.7 Å². The molecule has 6 heteroatoms. The summed E-state index contributed by atoms with van der Waals surface area (Å²) in [6.45, 7) is 6.39. The lowest BCUT2D eigenvalue weighted by Gasteiger charge is -2.23. The van der Waals surface area contributed by atoms with Crippen LogP contribution >= 0.6 is 11.3 Å². The average Bonchev–Trinajstić information content (AvgIpc) is 3.07. The van der Waals surface area contributed by atoms with Crippen LogP contribution in [-0.4, -0.2) is 54.9 Å². The lowest BCUT2D eigenvalue weighted by atomic mass is 10.0. The van der Waals surface area contributed by atoms with Crippen molar-refractivity contribution in [1.82, 2.24) is 9.80 Å². The first-order valence-corrected chi connectivity index (χ1v) is 9.67. The number of benzene rings is 1. The number of hydrogen-bond donors (Lipinski definition) is 0. The Bertz CT molecular complexity index is 802. The Morgan fingerprint density at radius 2 is 1.65 bits per heavy atom. The van der Waals surface area contributed by atoms with Crippen LogP contribution in [0.1, 0.15) is 37.6 Å². The molecule has 1 aromatic heterocycles. The summed E-state index contributed by atoms with van der Waals surface area (Å²) in [4.78, 5) is 30.0. The van der Waals surface area contributed by atoms with E-state index in [0.29, 0.717) is 31.7 Å². The summed E-state index contributed by atoms with van der Waals surface area (Å²) in [5, 5.41) is 1.91. The molecular formula is C20H24N2O3S. The third-order valence-corrected chi connectivity index (χ3v) is 5.85. The predicted octanol–water partition coefficient (Wildman–Crippen LogP) is 3.36. The van der Waals surface area contributed by atoms with Gasteiger partial charge in [-0.1, -0.05) is 6.07 Å². The molecule has 3 rings (SSSR count). The average molecular weight is 372 g/mol. The lowest BCUT2D eigenvalue weighted by molar-refractivity contribution is 0.0720. The van der Waals surface area contributed by atoms with Gasteiger partial charge in [-0.2, -0.15) is 0 Å². The van der Waals surface area contributed by atoms with E-state index < -0.39 is 0 Å². The minimum atomic E-state index is 0.0266. The minimum absolute atomic E-state index is 0.0266. The normalized spacial score (nSPS) is 14.9. The fourth-order valence-electron chi connectivity index (χ4n) is 3.30. The molecule has 1 saturated heterocycles. The van der Waals surface area contributed by atoms with Crippen LogP contribution in [0.4, 0.5) is 0 Å². The first-order valence-electron chi connectivity index (χ1n) is 8.79. The number of rotatable bonds is 3. The molecule has 1 aromatic carbocycles. The van der Waals surface area contributed by atoms with E-state index in [1.54, 1.807) is 7.11 Å². The van der Waals surface area contributed by atoms with Gasteiger partial charge in [0.25, 0.3) is 11.8 Å². The molecule has 0 unspecified atom stereocenters. The molecule has 2 aromatic rings. The number of carbonyl (C=O) groups excluding carboxylic acids is 2. The SMILES string of the molecule is COc1ccc(C(=O)N2CCCN(C(=O)c3cccs3)CC2)c(C)c1C. The van der Waals surface area contributed by atoms with Crippen molar-refractivity contribution in [3.8, 4) is 5.75 Å². The van der Waals surface area contributed by atoms with E-state index in [2.05, 4.69) is 0 Å². The number of hydrogen-bond acceptors (Lipinski definition) is 4. The molecule has 0 spiro atoms. The summed E-state index contributed by atoms with van der Waals surface area (Å²) >= 11 is 1.46. The molecule has 1 aliphatic rings. The first-order chi connectivity index (χ1) is 12.5. The lowest BCUT2D eigenvalue weighted by Crippen LogP contribution is -2.37. The summed E-state index contributed by atoms with van der Waals surface area (Å²) in [5.41, 5.74) is 2.65. The van der Waals surface area contributed by atoms with Gasteiger partial charge in [-0.25, -0.2) is 0 Å². The maximum Gasteiger partial charge on any atom is 0.263 e. The maximum atomic E-state index is 13.0. The van der Waals surface area contributed by atoms with Gasteiger partial charge in [0.1, 0.15) is 5.75 Å². The number of thiophene rings is 1. The number of ether oxygens (including phenoxy) is 1. The Labute approximate surface area is 158 Å². The van der Waals surface area contributed by atoms with Crippen molar-refractivity contribution in [2.45, 2.75) is 20.3 Å². The number of carbonyl (C=O) groups is 2. The van der Waals surface area contributed by atoms with E-state index in [9.17, 15) is 9.59 Å². The topological polar surface area (TPSA) is 49.9 Å². The second kappa shape index (κ2) is 7.91. The summed E-state index contributed by atoms with van der Waals surface area (Å²) in [6, 6.07) is 7.42. The maximum absolute atomic E-state index is 13.0. The smallest absolute Gasteiger partial charge is 0.263 e. The molecule has 5 nitrogen and oxygen atoms in total. The van der Waals surface area contributed by atoms with Gasteiger partial charge < -0.3 is 14.5 Å². The van der Waals surface area contributed by atoms with E-state index >= 15 is 0 Å². The highest BCUT2D eigenvalue weighted by Gasteiger charge is 2.25. The van der Waals surface area contributed by atoms with Gasteiger partial charge in [-0.05, 0) is 55.0 Å². The van der Waals surface area contributed by atoms with Crippen molar-refractivity contribution < 1.29 is 14.3 Å². The number of methoxy groups -OCH3 is 1. The first kappa shape index (κ1) is 18.5. The Morgan fingerprint density at radius 3 is 2.27 bits per heavy atom. The Kier molecular flexibility index (Phi) is 5.61. The fraction of sp³-hybridized carbons (Fsp3) is 0.400. The molecule has 2 heterocycles. The van der Waals surface area contributed by atoms with E-state index in [0.717, 1.165) is 28.2 Å². The summed E-state index contributed by atoms with van der Waals surface area (Å²) in [5.74, 6) is 0.882. The molecule has 1 aliphatic heterocycles. The third-order valence-electron chi connectivity index (χ3n) is 4.99. The van der Waals surface area contributed by atoms with Gasteiger partial charge in [-0.15, -0.1) is 11.3 Å². The molecule has 0 N–H and O–H groups in total. The van der Waals surface area contributed by atoms with Gasteiger partial charge in [-0.3, -0.25) is 9.59 Å². The molecule has 0 aliphatic carbocycles. The highest BCUT2D eigenvalue weighted by Crippen LogP contribution is 2.25. The van der Waals surface area contributed by atoms with E-state index in [-0.39, 0.29) is 11.8 Å². The predicted molar refractivity (Wildman–Crippen MR) is 103 cm³/mol. The zero-order valence-electron chi connectivity index (χ0n) is 15.4. The number of amides is 2. The van der Waals surface area contributed by atoms with Crippen LogP contribution in [-0.2, 0) is 0 Å². The van der Waals surface area contributed by atoms with Crippen LogP contribution in [0.5, 0.6) is 5.75 Å². The van der Waals surface area contributed by atoms with Gasteiger partial charge in [0.2, 0.25) is 0 Å². The molecule has 2 amide bonds. The summed E-state index contributed by atoms with van der Waals surface area (Å²) < 4.78 is 5.33. The van der Waals surface area contributed by atoms with Gasteiger partial charge in [0.05, 0.1) is 12.0 Å². The molecule has 0 radical (unpaired) electrons. The summed E-state index contributed by atoms with van der Waals surface area (Å²) in [6.07, 6.45) is 0.789. The molecular weight excluding hydrogens is 348 g/mol. The highest BCUT2D eigenvalue weighted by atomic mass is 32.1. The van der Waals surface area contributed by atoms with E-state index in [4.69, 9.17) is 4.74 Å². The fourth-order valence-corrected chi connectivity index (χ4v) is 3.99. The molecule has 26 heavy (non-hydrogen) atoms. The molecule has 0 atom stereocenters. The van der Waals surface area contributed by atoms with Crippen LogP contribution in [0.15, 0.2) is 29.6 Å². The zero-order chi connectivity index (χ0) is 18.7. The standard InChI is InChI=1S/C20H24N2O3S/c1-14-15(2)17(25-3)8-7-16(14)19(23)21-9-5-10-22(12-11-21)20(24)18-6-4-13-26-18/h4,6-8,13H,5,9-12H2,1-3H3. The summed E-state index contributed by atoms with van der Waals surface area (Å²) in [7, 11) is 1.64. The van der Waals surface area contributed by atoms with Gasteiger partial charge >= 0.3 is 0 Å². The Hall–Kier alpha value is -2.34. The van der Waals surface area contributed by atoms with Crippen LogP contribution < -0.4 is 4.74 Å². The van der Waals surface area contributed by atoms with Crippen molar-refractivity contribution >= 4 is 23.2 Å². The molecule has 0 saturated carbocycles. The minimum Gasteiger partial charge on any atom is -0.496 e. The van der Waals surface area contributed by atoms with Crippen molar-refractivity contribution in [3.63, 3.8) is 0 Å². The van der Waals surface area contributed by atoms with Crippen molar-refractivity contribution in [1.29, 1.82) is 0 Å². The van der Waals surface area contributed by atoms with Crippen molar-refractivity contribution in [2.75, 3.05) is 33.3 Å². The van der Waals surface area contributed by atoms with Crippen molar-refractivity contribution in [2.24, 2.45) is 0 Å². The van der Waals surface area contributed by atoms with Gasteiger partial charge in [0.15, 0.2) is 0 Å². The Morgan fingerprint density at radius 1 is 0.962 bits per heavy atom. The highest BCUT2D eigenvalue weighted by molar-refractivity contribution is 7.12. The largest absolute Gasteiger partial charge is 0.496 e.